The van der Waals surface area contributed by atoms with E-state index in [1.807, 2.05) is 25.1 Å². The molecular formula is C21H20F3N3O2S. The maximum Gasteiger partial charge on any atom is 0.573 e. The number of benzene rings is 2. The van der Waals surface area contributed by atoms with E-state index >= 15 is 0 Å². The zero-order valence-electron chi connectivity index (χ0n) is 16.1. The van der Waals surface area contributed by atoms with Crippen LogP contribution >= 0.6 is 11.3 Å². The van der Waals surface area contributed by atoms with Crippen LogP contribution in [0.4, 0.5) is 24.0 Å². The lowest BCUT2D eigenvalue weighted by Crippen LogP contribution is -2.33. The summed E-state index contributed by atoms with van der Waals surface area (Å²) < 4.78 is 40.5. The Morgan fingerprint density at radius 2 is 1.83 bits per heavy atom. The van der Waals surface area contributed by atoms with Crippen LogP contribution in [0.3, 0.4) is 0 Å². The number of carbonyl (C=O) groups is 1. The van der Waals surface area contributed by atoms with Crippen molar-refractivity contribution in [2.24, 2.45) is 0 Å². The van der Waals surface area contributed by atoms with Gasteiger partial charge in [-0.05, 0) is 49.6 Å². The van der Waals surface area contributed by atoms with Crippen molar-refractivity contribution >= 4 is 28.1 Å². The summed E-state index contributed by atoms with van der Waals surface area (Å²) >= 11 is 1.23. The Labute approximate surface area is 175 Å². The van der Waals surface area contributed by atoms with Gasteiger partial charge in [0.1, 0.15) is 11.4 Å². The van der Waals surface area contributed by atoms with Gasteiger partial charge in [0, 0.05) is 17.1 Å². The Hall–Kier alpha value is -3.07. The Bertz CT molecular complexity index is 960. The van der Waals surface area contributed by atoms with Crippen molar-refractivity contribution < 1.29 is 22.7 Å². The highest BCUT2D eigenvalue weighted by Gasteiger charge is 2.30. The predicted molar refractivity (Wildman–Crippen MR) is 110 cm³/mol. The summed E-state index contributed by atoms with van der Waals surface area (Å²) in [6.45, 7) is 1.94. The van der Waals surface area contributed by atoms with E-state index in [4.69, 9.17) is 0 Å². The number of amides is 1. The molecule has 9 heteroatoms. The summed E-state index contributed by atoms with van der Waals surface area (Å²) in [6, 6.07) is 15.3. The number of hydrogen-bond donors (Lipinski definition) is 2. The van der Waals surface area contributed by atoms with Gasteiger partial charge in [-0.25, -0.2) is 4.98 Å². The molecule has 1 unspecified atom stereocenters. The van der Waals surface area contributed by atoms with Crippen molar-refractivity contribution in [3.05, 3.63) is 71.2 Å². The first kappa shape index (κ1) is 21.6. The van der Waals surface area contributed by atoms with Gasteiger partial charge in [-0.15, -0.1) is 24.5 Å². The first-order valence-electron chi connectivity index (χ1n) is 9.21. The molecule has 30 heavy (non-hydrogen) atoms. The van der Waals surface area contributed by atoms with Crippen LogP contribution in [0, 0.1) is 0 Å². The van der Waals surface area contributed by atoms with E-state index in [0.717, 1.165) is 12.8 Å². The lowest BCUT2D eigenvalue weighted by atomic mass is 10.1. The standard InChI is InChI=1S/C21H20F3N3O2S/c1-14(7-8-15-5-3-2-4-6-15)25-19(28)18-13-30-20(27-18)26-16-9-11-17(12-10-16)29-21(22,23)24/h2-6,9-14H,7-8H2,1H3,(H,25,28)(H,26,27). The number of ether oxygens (including phenoxy) is 1. The van der Waals surface area contributed by atoms with Crippen LogP contribution in [0.5, 0.6) is 5.75 Å². The molecule has 3 aromatic rings. The largest absolute Gasteiger partial charge is 0.573 e. The molecule has 0 aliphatic heterocycles. The van der Waals surface area contributed by atoms with Gasteiger partial charge in [-0.3, -0.25) is 4.79 Å². The Morgan fingerprint density at radius 1 is 1.13 bits per heavy atom. The van der Waals surface area contributed by atoms with E-state index in [9.17, 15) is 18.0 Å². The smallest absolute Gasteiger partial charge is 0.406 e. The van der Waals surface area contributed by atoms with Gasteiger partial charge in [0.15, 0.2) is 5.13 Å². The molecular weight excluding hydrogens is 415 g/mol. The van der Waals surface area contributed by atoms with Crippen molar-refractivity contribution in [2.45, 2.75) is 32.2 Å². The number of anilines is 2. The fourth-order valence-corrected chi connectivity index (χ4v) is 3.41. The van der Waals surface area contributed by atoms with Crippen LogP contribution in [0.15, 0.2) is 60.0 Å². The normalized spacial score (nSPS) is 12.3. The van der Waals surface area contributed by atoms with Crippen molar-refractivity contribution in [1.82, 2.24) is 10.3 Å². The number of halogens is 3. The highest BCUT2D eigenvalue weighted by atomic mass is 32.1. The minimum absolute atomic E-state index is 0.0167. The van der Waals surface area contributed by atoms with E-state index in [1.54, 1.807) is 5.38 Å². The van der Waals surface area contributed by atoms with Gasteiger partial charge in [0.25, 0.3) is 5.91 Å². The van der Waals surface area contributed by atoms with Crippen molar-refractivity contribution in [3.8, 4) is 5.75 Å². The van der Waals surface area contributed by atoms with Gasteiger partial charge < -0.3 is 15.4 Å². The van der Waals surface area contributed by atoms with Gasteiger partial charge >= 0.3 is 6.36 Å². The molecule has 3 rings (SSSR count). The van der Waals surface area contributed by atoms with E-state index < -0.39 is 6.36 Å². The second-order valence-corrected chi connectivity index (χ2v) is 7.49. The third-order valence-electron chi connectivity index (χ3n) is 4.16. The SMILES string of the molecule is CC(CCc1ccccc1)NC(=O)c1csc(Nc2ccc(OC(F)(F)F)cc2)n1. The minimum Gasteiger partial charge on any atom is -0.406 e. The van der Waals surface area contributed by atoms with Crippen LogP contribution in [-0.4, -0.2) is 23.3 Å². The van der Waals surface area contributed by atoms with E-state index in [0.29, 0.717) is 10.8 Å². The third kappa shape index (κ3) is 6.77. The lowest BCUT2D eigenvalue weighted by Gasteiger charge is -2.13. The number of alkyl halides is 3. The number of carbonyl (C=O) groups excluding carboxylic acids is 1. The fourth-order valence-electron chi connectivity index (χ4n) is 2.70. The molecule has 0 aliphatic rings. The number of rotatable bonds is 8. The number of hydrogen-bond acceptors (Lipinski definition) is 5. The van der Waals surface area contributed by atoms with Crippen LogP contribution in [-0.2, 0) is 6.42 Å². The van der Waals surface area contributed by atoms with Crippen LogP contribution in [0.1, 0.15) is 29.4 Å². The molecule has 1 aromatic heterocycles. The number of thiazole rings is 1. The molecule has 1 amide bonds. The molecule has 0 saturated heterocycles. The molecule has 2 N–H and O–H groups in total. The first-order valence-corrected chi connectivity index (χ1v) is 10.1. The summed E-state index contributed by atoms with van der Waals surface area (Å²) in [6.07, 6.45) is -3.07. The highest BCUT2D eigenvalue weighted by Crippen LogP contribution is 2.26. The topological polar surface area (TPSA) is 63.2 Å². The van der Waals surface area contributed by atoms with Gasteiger partial charge in [-0.1, -0.05) is 30.3 Å². The Kier molecular flexibility index (Phi) is 6.94. The molecule has 0 radical (unpaired) electrons. The fraction of sp³-hybridized carbons (Fsp3) is 0.238. The summed E-state index contributed by atoms with van der Waals surface area (Å²) in [7, 11) is 0. The Balaban J connectivity index is 1.50. The van der Waals surface area contributed by atoms with E-state index in [1.165, 1.54) is 41.2 Å². The molecule has 1 atom stereocenters. The second kappa shape index (κ2) is 9.62. The molecule has 0 saturated carbocycles. The van der Waals surface area contributed by atoms with Crippen molar-refractivity contribution in [3.63, 3.8) is 0 Å². The minimum atomic E-state index is -4.73. The van der Waals surface area contributed by atoms with Crippen molar-refractivity contribution in [2.75, 3.05) is 5.32 Å². The average molecular weight is 435 g/mol. The van der Waals surface area contributed by atoms with E-state index in [2.05, 4.69) is 32.5 Å². The average Bonchev–Trinajstić information content (AvgIpc) is 3.16. The molecule has 0 aliphatic carbocycles. The zero-order valence-corrected chi connectivity index (χ0v) is 16.9. The van der Waals surface area contributed by atoms with Crippen LogP contribution in [0.25, 0.3) is 0 Å². The summed E-state index contributed by atoms with van der Waals surface area (Å²) in [4.78, 5) is 16.6. The summed E-state index contributed by atoms with van der Waals surface area (Å²) in [5.41, 5.74) is 2.03. The van der Waals surface area contributed by atoms with Crippen LogP contribution < -0.4 is 15.4 Å². The summed E-state index contributed by atoms with van der Waals surface area (Å²) in [5.74, 6) is -0.578. The van der Waals surface area contributed by atoms with Gasteiger partial charge in [0.05, 0.1) is 0 Å². The molecule has 2 aromatic carbocycles. The predicted octanol–water partition coefficient (Wildman–Crippen LogP) is 5.54. The second-order valence-electron chi connectivity index (χ2n) is 6.63. The first-order chi connectivity index (χ1) is 14.3. The maximum absolute atomic E-state index is 12.4. The van der Waals surface area contributed by atoms with Crippen LogP contribution in [0.2, 0.25) is 0 Å². The van der Waals surface area contributed by atoms with Gasteiger partial charge in [-0.2, -0.15) is 0 Å². The molecule has 0 spiro atoms. The number of aryl methyl sites for hydroxylation is 1. The number of nitrogens with one attached hydrogen (secondary N) is 2. The van der Waals surface area contributed by atoms with Gasteiger partial charge in [0.2, 0.25) is 0 Å². The zero-order chi connectivity index (χ0) is 21.6. The summed E-state index contributed by atoms with van der Waals surface area (Å²) in [5, 5.41) is 7.97. The number of nitrogens with zero attached hydrogens (tertiary/aromatic N) is 1. The Morgan fingerprint density at radius 3 is 2.50 bits per heavy atom. The quantitative estimate of drug-likeness (QED) is 0.488. The molecule has 5 nitrogen and oxygen atoms in total. The molecule has 0 bridgehead atoms. The molecule has 1 heterocycles. The third-order valence-corrected chi connectivity index (χ3v) is 4.92. The monoisotopic (exact) mass is 435 g/mol. The molecule has 158 valence electrons. The molecule has 0 fully saturated rings. The van der Waals surface area contributed by atoms with Crippen molar-refractivity contribution in [1.29, 1.82) is 0 Å². The lowest BCUT2D eigenvalue weighted by molar-refractivity contribution is -0.274. The van der Waals surface area contributed by atoms with E-state index in [-0.39, 0.29) is 23.4 Å². The number of aromatic nitrogens is 1. The maximum atomic E-state index is 12.4. The highest BCUT2D eigenvalue weighted by molar-refractivity contribution is 7.14.